The third-order valence-electron chi connectivity index (χ3n) is 3.84. The Morgan fingerprint density at radius 3 is 2.58 bits per heavy atom. The zero-order valence-corrected chi connectivity index (χ0v) is 14.3. The van der Waals surface area contributed by atoms with Gasteiger partial charge in [0.1, 0.15) is 13.2 Å². The summed E-state index contributed by atoms with van der Waals surface area (Å²) in [5.41, 5.74) is 8.18. The van der Waals surface area contributed by atoms with Crippen LogP contribution in [0.3, 0.4) is 0 Å². The molecule has 0 aromatic heterocycles. The van der Waals surface area contributed by atoms with Crippen molar-refractivity contribution in [1.29, 1.82) is 0 Å². The predicted octanol–water partition coefficient (Wildman–Crippen LogP) is 2.43. The lowest BCUT2D eigenvalue weighted by atomic mass is 10.1. The average Bonchev–Trinajstić information content (AvgIpc) is 2.57. The Kier molecular flexibility index (Phi) is 4.38. The van der Waals surface area contributed by atoms with Crippen LogP contribution in [0.2, 0.25) is 0 Å². The van der Waals surface area contributed by atoms with Gasteiger partial charge in [-0.15, -0.1) is 0 Å². The molecule has 0 aliphatic carbocycles. The van der Waals surface area contributed by atoms with Crippen LogP contribution in [-0.2, 0) is 14.3 Å². The summed E-state index contributed by atoms with van der Waals surface area (Å²) in [6.45, 7) is 3.78. The van der Waals surface area contributed by atoms with Gasteiger partial charge in [0, 0.05) is 11.3 Å². The third-order valence-corrected chi connectivity index (χ3v) is 5.14. The molecule has 0 unspecified atom stereocenters. The first-order valence-corrected chi connectivity index (χ1v) is 8.92. The molecule has 0 fully saturated rings. The van der Waals surface area contributed by atoms with E-state index in [1.54, 1.807) is 24.3 Å². The number of hydrogen-bond acceptors (Lipinski definition) is 6. The highest BCUT2D eigenvalue weighted by molar-refractivity contribution is 7.86. The van der Waals surface area contributed by atoms with Crippen LogP contribution in [-0.4, -0.2) is 27.7 Å². The van der Waals surface area contributed by atoms with E-state index in [0.717, 1.165) is 11.1 Å². The van der Waals surface area contributed by atoms with Gasteiger partial charge in [0.05, 0.1) is 4.90 Å². The topological polar surface area (TPSA) is 87.9 Å². The van der Waals surface area contributed by atoms with E-state index in [9.17, 15) is 8.42 Å². The van der Waals surface area contributed by atoms with Crippen LogP contribution in [0.4, 0.5) is 5.69 Å². The van der Waals surface area contributed by atoms with Crippen molar-refractivity contribution in [3.8, 4) is 11.5 Å². The molecular formula is C17H19NO5S. The van der Waals surface area contributed by atoms with Gasteiger partial charge < -0.3 is 15.2 Å². The highest BCUT2D eigenvalue weighted by atomic mass is 32.2. The molecule has 1 atom stereocenters. The Morgan fingerprint density at radius 1 is 1.17 bits per heavy atom. The summed E-state index contributed by atoms with van der Waals surface area (Å²) in [5, 5.41) is 0. The highest BCUT2D eigenvalue weighted by Gasteiger charge is 2.26. The van der Waals surface area contributed by atoms with E-state index in [-0.39, 0.29) is 18.1 Å². The van der Waals surface area contributed by atoms with E-state index in [0.29, 0.717) is 17.2 Å². The lowest BCUT2D eigenvalue weighted by Crippen LogP contribution is -2.34. The smallest absolute Gasteiger partial charge is 0.297 e. The minimum Gasteiger partial charge on any atom is -0.486 e. The molecule has 0 spiro atoms. The summed E-state index contributed by atoms with van der Waals surface area (Å²) in [6, 6.07) is 9.96. The molecular weight excluding hydrogens is 330 g/mol. The molecule has 0 amide bonds. The van der Waals surface area contributed by atoms with Crippen LogP contribution >= 0.6 is 0 Å². The lowest BCUT2D eigenvalue weighted by molar-refractivity contribution is 0.0549. The van der Waals surface area contributed by atoms with Crippen molar-refractivity contribution in [2.45, 2.75) is 24.8 Å². The molecule has 0 radical (unpaired) electrons. The van der Waals surface area contributed by atoms with E-state index < -0.39 is 16.2 Å². The van der Waals surface area contributed by atoms with Crippen LogP contribution in [0.25, 0.3) is 0 Å². The molecule has 2 aromatic rings. The van der Waals surface area contributed by atoms with Gasteiger partial charge >= 0.3 is 0 Å². The molecule has 2 aromatic carbocycles. The standard InChI is InChI=1S/C17H19NO5S/c1-11-3-5-14(6-4-11)24(19,20)22-10-13-9-21-16-8-7-15(18)12(2)17(16)23-13/h3-8,13H,9-10,18H2,1-2H3/t13-/m1/s1. The van der Waals surface area contributed by atoms with Gasteiger partial charge in [-0.3, -0.25) is 4.18 Å². The maximum Gasteiger partial charge on any atom is 0.297 e. The molecule has 0 saturated heterocycles. The summed E-state index contributed by atoms with van der Waals surface area (Å²) >= 11 is 0. The molecule has 0 bridgehead atoms. The zero-order chi connectivity index (χ0) is 17.3. The molecule has 0 saturated carbocycles. The SMILES string of the molecule is Cc1ccc(S(=O)(=O)OC[C@H]2COc3ccc(N)c(C)c3O2)cc1. The van der Waals surface area contributed by atoms with Gasteiger partial charge in [-0.25, -0.2) is 0 Å². The Labute approximate surface area is 141 Å². The fourth-order valence-electron chi connectivity index (χ4n) is 2.35. The van der Waals surface area contributed by atoms with Crippen LogP contribution in [0.15, 0.2) is 41.3 Å². The summed E-state index contributed by atoms with van der Waals surface area (Å²) in [7, 11) is -3.83. The number of benzene rings is 2. The number of hydrogen-bond donors (Lipinski definition) is 1. The van der Waals surface area contributed by atoms with E-state index in [1.165, 1.54) is 12.1 Å². The van der Waals surface area contributed by atoms with E-state index in [4.69, 9.17) is 19.4 Å². The number of anilines is 1. The monoisotopic (exact) mass is 349 g/mol. The van der Waals surface area contributed by atoms with E-state index in [1.807, 2.05) is 13.8 Å². The van der Waals surface area contributed by atoms with Crippen LogP contribution in [0, 0.1) is 13.8 Å². The van der Waals surface area contributed by atoms with Crippen molar-refractivity contribution >= 4 is 15.8 Å². The number of nitrogens with two attached hydrogens (primary N) is 1. The first kappa shape index (κ1) is 16.6. The van der Waals surface area contributed by atoms with Crippen molar-refractivity contribution in [2.24, 2.45) is 0 Å². The second-order valence-corrected chi connectivity index (χ2v) is 7.32. The minimum absolute atomic E-state index is 0.116. The number of rotatable bonds is 4. The third kappa shape index (κ3) is 3.32. The summed E-state index contributed by atoms with van der Waals surface area (Å²) in [5.74, 6) is 1.13. The molecule has 2 N–H and O–H groups in total. The molecule has 7 heteroatoms. The number of nitrogen functional groups attached to an aromatic ring is 1. The quantitative estimate of drug-likeness (QED) is 0.674. The van der Waals surface area contributed by atoms with Crippen LogP contribution < -0.4 is 15.2 Å². The fraction of sp³-hybridized carbons (Fsp3) is 0.294. The Bertz CT molecular complexity index is 846. The first-order valence-electron chi connectivity index (χ1n) is 7.51. The Hall–Kier alpha value is -2.25. The molecule has 6 nitrogen and oxygen atoms in total. The van der Waals surface area contributed by atoms with E-state index in [2.05, 4.69) is 0 Å². The maximum absolute atomic E-state index is 12.2. The van der Waals surface area contributed by atoms with Crippen molar-refractivity contribution < 1.29 is 22.1 Å². The van der Waals surface area contributed by atoms with Crippen molar-refractivity contribution in [1.82, 2.24) is 0 Å². The van der Waals surface area contributed by atoms with Gasteiger partial charge in [-0.1, -0.05) is 17.7 Å². The van der Waals surface area contributed by atoms with Gasteiger partial charge in [0.25, 0.3) is 10.1 Å². The van der Waals surface area contributed by atoms with Gasteiger partial charge in [-0.2, -0.15) is 8.42 Å². The second-order valence-electron chi connectivity index (χ2n) is 5.71. The predicted molar refractivity (Wildman–Crippen MR) is 89.8 cm³/mol. The molecule has 1 aliphatic rings. The lowest BCUT2D eigenvalue weighted by Gasteiger charge is -2.27. The molecule has 128 valence electrons. The van der Waals surface area contributed by atoms with Crippen molar-refractivity contribution in [3.63, 3.8) is 0 Å². The van der Waals surface area contributed by atoms with Crippen LogP contribution in [0.1, 0.15) is 11.1 Å². The molecule has 1 heterocycles. The number of fused-ring (bicyclic) bond motifs is 1. The molecule has 24 heavy (non-hydrogen) atoms. The van der Waals surface area contributed by atoms with Gasteiger partial charge in [0.2, 0.25) is 0 Å². The average molecular weight is 349 g/mol. The molecule has 3 rings (SSSR count). The summed E-state index contributed by atoms with van der Waals surface area (Å²) < 4.78 is 40.9. The van der Waals surface area contributed by atoms with Crippen LogP contribution in [0.5, 0.6) is 11.5 Å². The van der Waals surface area contributed by atoms with Crippen molar-refractivity contribution in [2.75, 3.05) is 18.9 Å². The Morgan fingerprint density at radius 2 is 1.88 bits per heavy atom. The highest BCUT2D eigenvalue weighted by Crippen LogP contribution is 2.37. The van der Waals surface area contributed by atoms with Gasteiger partial charge in [0.15, 0.2) is 17.6 Å². The zero-order valence-electron chi connectivity index (χ0n) is 13.5. The summed E-state index contributed by atoms with van der Waals surface area (Å²) in [4.78, 5) is 0.116. The normalized spacial score (nSPS) is 16.8. The largest absolute Gasteiger partial charge is 0.486 e. The van der Waals surface area contributed by atoms with Crippen molar-refractivity contribution in [3.05, 3.63) is 47.5 Å². The first-order chi connectivity index (χ1) is 11.4. The molecule has 1 aliphatic heterocycles. The minimum atomic E-state index is -3.83. The maximum atomic E-state index is 12.2. The number of aryl methyl sites for hydroxylation is 1. The Balaban J connectivity index is 1.69. The van der Waals surface area contributed by atoms with Gasteiger partial charge in [-0.05, 0) is 38.1 Å². The second kappa shape index (κ2) is 6.33. The van der Waals surface area contributed by atoms with E-state index >= 15 is 0 Å². The fourth-order valence-corrected chi connectivity index (χ4v) is 3.28. The summed E-state index contributed by atoms with van der Waals surface area (Å²) in [6.07, 6.45) is -0.529. The number of ether oxygens (including phenoxy) is 2.